The van der Waals surface area contributed by atoms with E-state index in [1.54, 1.807) is 0 Å². The van der Waals surface area contributed by atoms with Crippen molar-refractivity contribution in [2.24, 2.45) is 0 Å². The summed E-state index contributed by atoms with van der Waals surface area (Å²) in [6.07, 6.45) is 0. The SMILES string of the molecule is Cc1cc(N)c2ccccc2c1C#N. The van der Waals surface area contributed by atoms with Crippen LogP contribution in [0.15, 0.2) is 30.3 Å². The molecule has 0 unspecified atom stereocenters. The van der Waals surface area contributed by atoms with Crippen LogP contribution in [-0.4, -0.2) is 0 Å². The Morgan fingerprint density at radius 2 is 1.86 bits per heavy atom. The number of fused-ring (bicyclic) bond motifs is 1. The Labute approximate surface area is 82.6 Å². The molecule has 2 heteroatoms. The number of nitrogen functional groups attached to an aromatic ring is 1. The van der Waals surface area contributed by atoms with Crippen molar-refractivity contribution in [1.29, 1.82) is 5.26 Å². The number of nitriles is 1. The van der Waals surface area contributed by atoms with Gasteiger partial charge in [0.15, 0.2) is 0 Å². The highest BCUT2D eigenvalue weighted by atomic mass is 14.6. The van der Waals surface area contributed by atoms with E-state index in [1.165, 1.54) is 0 Å². The van der Waals surface area contributed by atoms with Gasteiger partial charge in [-0.05, 0) is 18.6 Å². The van der Waals surface area contributed by atoms with Crippen LogP contribution in [0.4, 0.5) is 5.69 Å². The lowest BCUT2D eigenvalue weighted by molar-refractivity contribution is 1.42. The number of hydrogen-bond donors (Lipinski definition) is 1. The van der Waals surface area contributed by atoms with Gasteiger partial charge >= 0.3 is 0 Å². The standard InChI is InChI=1S/C12H10N2/c1-8-6-12(14)10-5-3-2-4-9(10)11(8)7-13/h2-6H,14H2,1H3. The molecule has 0 saturated carbocycles. The van der Waals surface area contributed by atoms with E-state index in [4.69, 9.17) is 11.0 Å². The van der Waals surface area contributed by atoms with Crippen LogP contribution >= 0.6 is 0 Å². The van der Waals surface area contributed by atoms with Crippen LogP contribution < -0.4 is 5.73 Å². The average molecular weight is 182 g/mol. The lowest BCUT2D eigenvalue weighted by Crippen LogP contribution is -1.92. The molecular formula is C12H10N2. The molecule has 0 spiro atoms. The van der Waals surface area contributed by atoms with E-state index in [1.807, 2.05) is 37.3 Å². The molecular weight excluding hydrogens is 172 g/mol. The van der Waals surface area contributed by atoms with Gasteiger partial charge in [-0.2, -0.15) is 5.26 Å². The third-order valence-corrected chi connectivity index (χ3v) is 2.39. The molecule has 0 fully saturated rings. The maximum Gasteiger partial charge on any atom is 0.100 e. The summed E-state index contributed by atoms with van der Waals surface area (Å²) in [6, 6.07) is 11.8. The van der Waals surface area contributed by atoms with E-state index < -0.39 is 0 Å². The molecule has 2 N–H and O–H groups in total. The summed E-state index contributed by atoms with van der Waals surface area (Å²) in [5.41, 5.74) is 8.26. The minimum atomic E-state index is 0.717. The fraction of sp³-hybridized carbons (Fsp3) is 0.0833. The fourth-order valence-electron chi connectivity index (χ4n) is 1.70. The van der Waals surface area contributed by atoms with Gasteiger partial charge in [0.2, 0.25) is 0 Å². The van der Waals surface area contributed by atoms with E-state index in [2.05, 4.69) is 6.07 Å². The van der Waals surface area contributed by atoms with Crippen LogP contribution in [0.2, 0.25) is 0 Å². The largest absolute Gasteiger partial charge is 0.398 e. The quantitative estimate of drug-likeness (QED) is 0.636. The lowest BCUT2D eigenvalue weighted by Gasteiger charge is -2.06. The smallest absolute Gasteiger partial charge is 0.100 e. The Morgan fingerprint density at radius 1 is 1.21 bits per heavy atom. The highest BCUT2D eigenvalue weighted by molar-refractivity contribution is 5.97. The van der Waals surface area contributed by atoms with Crippen LogP contribution in [0.1, 0.15) is 11.1 Å². The van der Waals surface area contributed by atoms with Gasteiger partial charge in [-0.3, -0.25) is 0 Å². The summed E-state index contributed by atoms with van der Waals surface area (Å²) < 4.78 is 0. The summed E-state index contributed by atoms with van der Waals surface area (Å²) in [5, 5.41) is 10.9. The first-order chi connectivity index (χ1) is 6.74. The first-order valence-electron chi connectivity index (χ1n) is 4.42. The minimum absolute atomic E-state index is 0.717. The second kappa shape index (κ2) is 3.04. The molecule has 2 rings (SSSR count). The van der Waals surface area contributed by atoms with Crippen molar-refractivity contribution >= 4 is 16.5 Å². The number of nitrogens with zero attached hydrogens (tertiary/aromatic N) is 1. The molecule has 2 nitrogen and oxygen atoms in total. The molecule has 0 atom stereocenters. The summed E-state index contributed by atoms with van der Waals surface area (Å²) in [7, 11) is 0. The van der Waals surface area contributed by atoms with Crippen LogP contribution in [0.3, 0.4) is 0 Å². The van der Waals surface area contributed by atoms with Crippen LogP contribution in [0.5, 0.6) is 0 Å². The van der Waals surface area contributed by atoms with Gasteiger partial charge in [-0.25, -0.2) is 0 Å². The summed E-state index contributed by atoms with van der Waals surface area (Å²) in [4.78, 5) is 0. The number of rotatable bonds is 0. The Balaban J connectivity index is 3.00. The second-order valence-corrected chi connectivity index (χ2v) is 3.32. The van der Waals surface area contributed by atoms with Gasteiger partial charge in [-0.15, -0.1) is 0 Å². The molecule has 68 valence electrons. The van der Waals surface area contributed by atoms with Gasteiger partial charge < -0.3 is 5.73 Å². The zero-order valence-electron chi connectivity index (χ0n) is 7.91. The number of benzene rings is 2. The van der Waals surface area contributed by atoms with Crippen molar-refractivity contribution < 1.29 is 0 Å². The second-order valence-electron chi connectivity index (χ2n) is 3.32. The zero-order valence-corrected chi connectivity index (χ0v) is 7.91. The molecule has 0 bridgehead atoms. The third-order valence-electron chi connectivity index (χ3n) is 2.39. The molecule has 0 aromatic heterocycles. The summed E-state index contributed by atoms with van der Waals surface area (Å²) in [5.74, 6) is 0. The predicted octanol–water partition coefficient (Wildman–Crippen LogP) is 2.60. The maximum absolute atomic E-state index is 9.02. The summed E-state index contributed by atoms with van der Waals surface area (Å²) >= 11 is 0. The topological polar surface area (TPSA) is 49.8 Å². The van der Waals surface area contributed by atoms with E-state index in [0.717, 1.165) is 27.6 Å². The van der Waals surface area contributed by atoms with Gasteiger partial charge in [0.25, 0.3) is 0 Å². The first-order valence-corrected chi connectivity index (χ1v) is 4.42. The molecule has 0 aliphatic rings. The molecule has 0 aliphatic heterocycles. The number of aryl methyl sites for hydroxylation is 1. The number of hydrogen-bond acceptors (Lipinski definition) is 2. The summed E-state index contributed by atoms with van der Waals surface area (Å²) in [6.45, 7) is 1.90. The molecule has 0 heterocycles. The van der Waals surface area contributed by atoms with E-state index >= 15 is 0 Å². The van der Waals surface area contributed by atoms with Gasteiger partial charge in [0, 0.05) is 16.5 Å². The fourth-order valence-corrected chi connectivity index (χ4v) is 1.70. The Morgan fingerprint density at radius 3 is 2.50 bits per heavy atom. The third kappa shape index (κ3) is 1.11. The lowest BCUT2D eigenvalue weighted by atomic mass is 9.99. The molecule has 14 heavy (non-hydrogen) atoms. The van der Waals surface area contributed by atoms with Crippen LogP contribution in [0, 0.1) is 18.3 Å². The Kier molecular flexibility index (Phi) is 1.86. The van der Waals surface area contributed by atoms with Gasteiger partial charge in [0.1, 0.15) is 6.07 Å². The normalized spacial score (nSPS) is 10.0. The Hall–Kier alpha value is -2.01. The monoisotopic (exact) mass is 182 g/mol. The number of nitrogens with two attached hydrogens (primary N) is 1. The van der Waals surface area contributed by atoms with E-state index in [-0.39, 0.29) is 0 Å². The van der Waals surface area contributed by atoms with Crippen molar-refractivity contribution in [2.75, 3.05) is 5.73 Å². The van der Waals surface area contributed by atoms with Crippen molar-refractivity contribution in [2.45, 2.75) is 6.92 Å². The highest BCUT2D eigenvalue weighted by Gasteiger charge is 2.06. The highest BCUT2D eigenvalue weighted by Crippen LogP contribution is 2.26. The maximum atomic E-state index is 9.02. The van der Waals surface area contributed by atoms with Gasteiger partial charge in [-0.1, -0.05) is 24.3 Å². The van der Waals surface area contributed by atoms with Gasteiger partial charge in [0.05, 0.1) is 5.56 Å². The molecule has 0 aliphatic carbocycles. The van der Waals surface area contributed by atoms with E-state index in [0.29, 0.717) is 0 Å². The zero-order chi connectivity index (χ0) is 10.1. The van der Waals surface area contributed by atoms with E-state index in [9.17, 15) is 0 Å². The predicted molar refractivity (Wildman–Crippen MR) is 57.8 cm³/mol. The Bertz CT molecular complexity index is 536. The molecule has 0 saturated heterocycles. The van der Waals surface area contributed by atoms with Crippen LogP contribution in [0.25, 0.3) is 10.8 Å². The average Bonchev–Trinajstić information content (AvgIpc) is 2.18. The minimum Gasteiger partial charge on any atom is -0.398 e. The van der Waals surface area contributed by atoms with Crippen molar-refractivity contribution in [3.8, 4) is 6.07 Å². The van der Waals surface area contributed by atoms with Crippen molar-refractivity contribution in [3.63, 3.8) is 0 Å². The van der Waals surface area contributed by atoms with Crippen molar-refractivity contribution in [3.05, 3.63) is 41.5 Å². The molecule has 0 radical (unpaired) electrons. The van der Waals surface area contributed by atoms with Crippen molar-refractivity contribution in [1.82, 2.24) is 0 Å². The molecule has 0 amide bonds. The molecule has 2 aromatic carbocycles. The molecule has 2 aromatic rings. The number of anilines is 1. The van der Waals surface area contributed by atoms with Crippen LogP contribution in [-0.2, 0) is 0 Å². The first kappa shape index (κ1) is 8.58.